The molecule has 0 aliphatic carbocycles. The number of methoxy groups -OCH3 is 1. The van der Waals surface area contributed by atoms with Crippen LogP contribution in [0.4, 0.5) is 5.95 Å². The van der Waals surface area contributed by atoms with Crippen molar-refractivity contribution in [2.24, 2.45) is 5.10 Å². The number of anilines is 1. The second-order valence-corrected chi connectivity index (χ2v) is 2.88. The van der Waals surface area contributed by atoms with Crippen LogP contribution >= 0.6 is 0 Å². The Labute approximate surface area is 91.5 Å². The molecule has 0 saturated heterocycles. The number of tetrazole rings is 1. The predicted molar refractivity (Wildman–Crippen MR) is 58.4 cm³/mol. The normalized spacial score (nSPS) is 10.6. The van der Waals surface area contributed by atoms with Crippen LogP contribution in [0.2, 0.25) is 0 Å². The number of rotatable bonds is 4. The van der Waals surface area contributed by atoms with E-state index in [1.807, 2.05) is 24.3 Å². The van der Waals surface area contributed by atoms with E-state index in [0.29, 0.717) is 5.95 Å². The smallest absolute Gasteiger partial charge is 0.283 e. The van der Waals surface area contributed by atoms with E-state index in [-0.39, 0.29) is 0 Å². The topological polar surface area (TPSA) is 88.1 Å². The van der Waals surface area contributed by atoms with Crippen LogP contribution in [0.3, 0.4) is 0 Å². The van der Waals surface area contributed by atoms with E-state index < -0.39 is 0 Å². The molecule has 0 unspecified atom stereocenters. The zero-order valence-corrected chi connectivity index (χ0v) is 8.58. The fourth-order valence-electron chi connectivity index (χ4n) is 1.06. The van der Waals surface area contributed by atoms with Crippen molar-refractivity contribution in [1.29, 1.82) is 0 Å². The lowest BCUT2D eigenvalue weighted by Crippen LogP contribution is -1.92. The maximum absolute atomic E-state index is 5.04. The molecule has 2 rings (SSSR count). The molecule has 0 aliphatic heterocycles. The molecule has 7 heteroatoms. The quantitative estimate of drug-likeness (QED) is 0.581. The van der Waals surface area contributed by atoms with Crippen LogP contribution in [-0.2, 0) is 0 Å². The van der Waals surface area contributed by atoms with E-state index in [1.165, 1.54) is 0 Å². The molecule has 82 valence electrons. The molecule has 0 atom stereocenters. The summed E-state index contributed by atoms with van der Waals surface area (Å²) in [5.41, 5.74) is 3.57. The minimum absolute atomic E-state index is 0.324. The van der Waals surface area contributed by atoms with E-state index in [4.69, 9.17) is 4.74 Å². The number of ether oxygens (including phenoxy) is 1. The third-order valence-corrected chi connectivity index (χ3v) is 1.84. The lowest BCUT2D eigenvalue weighted by molar-refractivity contribution is 0.415. The molecule has 0 bridgehead atoms. The van der Waals surface area contributed by atoms with Gasteiger partial charge in [-0.05, 0) is 35.0 Å². The molecule has 2 aromatic rings. The molecule has 0 radical (unpaired) electrons. The Hall–Kier alpha value is -2.44. The summed E-state index contributed by atoms with van der Waals surface area (Å²) in [6, 6.07) is 7.49. The van der Waals surface area contributed by atoms with Crippen molar-refractivity contribution in [3.63, 3.8) is 0 Å². The summed E-state index contributed by atoms with van der Waals surface area (Å²) in [5, 5.41) is 17.0. The van der Waals surface area contributed by atoms with E-state index in [9.17, 15) is 0 Å². The number of benzene rings is 1. The van der Waals surface area contributed by atoms with E-state index >= 15 is 0 Å². The number of hydrogen-bond acceptors (Lipinski definition) is 6. The van der Waals surface area contributed by atoms with Gasteiger partial charge in [-0.3, -0.25) is 0 Å². The van der Waals surface area contributed by atoms with Gasteiger partial charge >= 0.3 is 0 Å². The van der Waals surface area contributed by atoms with Crippen LogP contribution in [0, 0.1) is 0 Å². The molecule has 0 fully saturated rings. The van der Waals surface area contributed by atoms with Crippen molar-refractivity contribution in [1.82, 2.24) is 20.6 Å². The summed E-state index contributed by atoms with van der Waals surface area (Å²) >= 11 is 0. The second-order valence-electron chi connectivity index (χ2n) is 2.88. The second kappa shape index (κ2) is 4.87. The first-order chi connectivity index (χ1) is 7.88. The summed E-state index contributed by atoms with van der Waals surface area (Å²) in [5.74, 6) is 1.13. The molecule has 2 N–H and O–H groups in total. The van der Waals surface area contributed by atoms with Gasteiger partial charge < -0.3 is 4.74 Å². The molecule has 1 aromatic carbocycles. The zero-order valence-electron chi connectivity index (χ0n) is 8.58. The summed E-state index contributed by atoms with van der Waals surface area (Å²) in [6.45, 7) is 0. The fraction of sp³-hybridized carbons (Fsp3) is 0.111. The van der Waals surface area contributed by atoms with Gasteiger partial charge in [0.05, 0.1) is 13.3 Å². The average Bonchev–Trinajstić information content (AvgIpc) is 2.83. The predicted octanol–water partition coefficient (Wildman–Crippen LogP) is 0.654. The molecule has 16 heavy (non-hydrogen) atoms. The first kappa shape index (κ1) is 10.1. The minimum Gasteiger partial charge on any atom is -0.497 e. The van der Waals surface area contributed by atoms with Crippen molar-refractivity contribution in [2.45, 2.75) is 0 Å². The number of nitrogens with zero attached hydrogens (tertiary/aromatic N) is 4. The Balaban J connectivity index is 1.95. The number of hydrogen-bond donors (Lipinski definition) is 2. The SMILES string of the molecule is COc1ccc(C=NNc2nn[nH]n2)cc1. The first-order valence-electron chi connectivity index (χ1n) is 4.55. The van der Waals surface area contributed by atoms with Gasteiger partial charge in [-0.15, -0.1) is 5.10 Å². The van der Waals surface area contributed by atoms with Crippen molar-refractivity contribution < 1.29 is 4.74 Å². The van der Waals surface area contributed by atoms with Gasteiger partial charge in [0, 0.05) is 0 Å². The van der Waals surface area contributed by atoms with Crippen molar-refractivity contribution in [3.8, 4) is 5.75 Å². The number of H-pyrrole nitrogens is 1. The average molecular weight is 218 g/mol. The highest BCUT2D eigenvalue weighted by Gasteiger charge is 1.93. The van der Waals surface area contributed by atoms with E-state index in [0.717, 1.165) is 11.3 Å². The van der Waals surface area contributed by atoms with Gasteiger partial charge in [0.15, 0.2) is 0 Å². The fourth-order valence-corrected chi connectivity index (χ4v) is 1.06. The Morgan fingerprint density at radius 1 is 1.38 bits per heavy atom. The van der Waals surface area contributed by atoms with Gasteiger partial charge in [-0.25, -0.2) is 5.43 Å². The van der Waals surface area contributed by atoms with Crippen LogP contribution < -0.4 is 10.2 Å². The highest BCUT2D eigenvalue weighted by atomic mass is 16.5. The van der Waals surface area contributed by atoms with Crippen molar-refractivity contribution in [3.05, 3.63) is 29.8 Å². The van der Waals surface area contributed by atoms with Crippen molar-refractivity contribution in [2.75, 3.05) is 12.5 Å². The van der Waals surface area contributed by atoms with Gasteiger partial charge in [0.1, 0.15) is 5.75 Å². The van der Waals surface area contributed by atoms with E-state index in [2.05, 4.69) is 31.2 Å². The first-order valence-corrected chi connectivity index (χ1v) is 4.55. The zero-order chi connectivity index (χ0) is 11.2. The molecular formula is C9H10N6O. The highest BCUT2D eigenvalue weighted by molar-refractivity contribution is 5.80. The third kappa shape index (κ3) is 2.53. The largest absolute Gasteiger partial charge is 0.497 e. The molecular weight excluding hydrogens is 208 g/mol. The van der Waals surface area contributed by atoms with Crippen LogP contribution in [-0.4, -0.2) is 33.9 Å². The van der Waals surface area contributed by atoms with Gasteiger partial charge in [-0.1, -0.05) is 5.10 Å². The highest BCUT2D eigenvalue weighted by Crippen LogP contribution is 2.09. The monoisotopic (exact) mass is 218 g/mol. The Morgan fingerprint density at radius 3 is 2.81 bits per heavy atom. The Morgan fingerprint density at radius 2 is 2.19 bits per heavy atom. The molecule has 1 heterocycles. The van der Waals surface area contributed by atoms with Gasteiger partial charge in [-0.2, -0.15) is 10.3 Å². The standard InChI is InChI=1S/C9H10N6O/c1-16-8-4-2-7(3-5-8)6-10-11-9-12-14-15-13-9/h2-6H,1H3,(H2,11,12,13,14,15). The summed E-state index contributed by atoms with van der Waals surface area (Å²) in [6.07, 6.45) is 1.65. The molecule has 0 spiro atoms. The molecule has 0 saturated carbocycles. The van der Waals surface area contributed by atoms with Crippen molar-refractivity contribution >= 4 is 12.2 Å². The maximum Gasteiger partial charge on any atom is 0.283 e. The molecule has 1 aromatic heterocycles. The number of nitrogens with one attached hydrogen (secondary N) is 2. The molecule has 0 amide bonds. The van der Waals surface area contributed by atoms with E-state index in [1.54, 1.807) is 13.3 Å². The maximum atomic E-state index is 5.04. The van der Waals surface area contributed by atoms with Gasteiger partial charge in [0.25, 0.3) is 5.95 Å². The molecule has 0 aliphatic rings. The number of aromatic nitrogens is 4. The van der Waals surface area contributed by atoms with Crippen LogP contribution in [0.25, 0.3) is 0 Å². The number of hydrazone groups is 1. The summed E-state index contributed by atoms with van der Waals surface area (Å²) < 4.78 is 5.04. The third-order valence-electron chi connectivity index (χ3n) is 1.84. The minimum atomic E-state index is 0.324. The summed E-state index contributed by atoms with van der Waals surface area (Å²) in [7, 11) is 1.63. The number of aromatic amines is 1. The Kier molecular flexibility index (Phi) is 3.07. The lowest BCUT2D eigenvalue weighted by Gasteiger charge is -1.98. The molecule has 7 nitrogen and oxygen atoms in total. The van der Waals surface area contributed by atoms with Crippen LogP contribution in [0.5, 0.6) is 5.75 Å². The lowest BCUT2D eigenvalue weighted by atomic mass is 10.2. The Bertz CT molecular complexity index is 449. The van der Waals surface area contributed by atoms with Crippen LogP contribution in [0.15, 0.2) is 29.4 Å². The van der Waals surface area contributed by atoms with Crippen LogP contribution in [0.1, 0.15) is 5.56 Å². The van der Waals surface area contributed by atoms with Gasteiger partial charge in [0.2, 0.25) is 0 Å². The summed E-state index contributed by atoms with van der Waals surface area (Å²) in [4.78, 5) is 0.